The van der Waals surface area contributed by atoms with Gasteiger partial charge in [0.05, 0.1) is 0 Å². The number of benzene rings is 3. The van der Waals surface area contributed by atoms with Crippen LogP contribution in [0, 0.1) is 0 Å². The standard InChI is InChI=1S/C29H27ClN2O3/c30-22-10-6-11-23(18-22)32-29(27(34)35)15-13-28(14-16-29)24-12-5-4-9-21(24)17-25(28)26(33)31-19-20-7-2-1-3-8-20/h1-12,17-18,32H,13-16,19H2,(H,31,33)(H,34,35). The Labute approximate surface area is 209 Å². The van der Waals surface area contributed by atoms with Crippen LogP contribution in [0.5, 0.6) is 0 Å². The van der Waals surface area contributed by atoms with Gasteiger partial charge in [-0.1, -0.05) is 72.3 Å². The lowest BCUT2D eigenvalue weighted by Crippen LogP contribution is -2.53. The van der Waals surface area contributed by atoms with E-state index in [0.717, 1.165) is 22.3 Å². The highest BCUT2D eigenvalue weighted by Gasteiger charge is 2.52. The number of rotatable bonds is 6. The first kappa shape index (κ1) is 23.2. The molecule has 2 aliphatic carbocycles. The number of anilines is 1. The minimum absolute atomic E-state index is 0.101. The van der Waals surface area contributed by atoms with Crippen LogP contribution >= 0.6 is 11.6 Å². The van der Waals surface area contributed by atoms with Gasteiger partial charge in [-0.3, -0.25) is 4.79 Å². The van der Waals surface area contributed by atoms with Crippen LogP contribution in [0.3, 0.4) is 0 Å². The fourth-order valence-corrected chi connectivity index (χ4v) is 5.72. The normalized spacial score (nSPS) is 22.8. The van der Waals surface area contributed by atoms with Gasteiger partial charge in [0.2, 0.25) is 5.91 Å². The number of nitrogens with one attached hydrogen (secondary N) is 2. The fraction of sp³-hybridized carbons (Fsp3) is 0.241. The summed E-state index contributed by atoms with van der Waals surface area (Å²) in [7, 11) is 0. The van der Waals surface area contributed by atoms with Crippen molar-refractivity contribution in [2.45, 2.75) is 43.2 Å². The molecule has 6 heteroatoms. The smallest absolute Gasteiger partial charge is 0.329 e. The minimum Gasteiger partial charge on any atom is -0.480 e. The van der Waals surface area contributed by atoms with Crippen molar-refractivity contribution in [3.63, 3.8) is 0 Å². The third kappa shape index (κ3) is 4.32. The van der Waals surface area contributed by atoms with Gasteiger partial charge in [-0.05, 0) is 66.6 Å². The molecule has 0 unspecified atom stereocenters. The summed E-state index contributed by atoms with van der Waals surface area (Å²) >= 11 is 6.13. The van der Waals surface area contributed by atoms with Crippen LogP contribution in [0.25, 0.3) is 6.08 Å². The Kier molecular flexibility index (Phi) is 6.12. The topological polar surface area (TPSA) is 78.4 Å². The maximum absolute atomic E-state index is 13.5. The number of carboxylic acid groups (broad SMARTS) is 1. The second kappa shape index (κ2) is 9.23. The van der Waals surface area contributed by atoms with E-state index in [1.165, 1.54) is 0 Å². The lowest BCUT2D eigenvalue weighted by molar-refractivity contribution is -0.143. The van der Waals surface area contributed by atoms with Crippen molar-refractivity contribution in [3.05, 3.63) is 106 Å². The van der Waals surface area contributed by atoms with E-state index in [4.69, 9.17) is 11.6 Å². The quantitative estimate of drug-likeness (QED) is 0.411. The third-order valence-electron chi connectivity index (χ3n) is 7.41. The molecule has 5 nitrogen and oxygen atoms in total. The van der Waals surface area contributed by atoms with E-state index in [2.05, 4.69) is 16.7 Å². The average molecular weight is 487 g/mol. The van der Waals surface area contributed by atoms with Crippen LogP contribution in [0.15, 0.2) is 84.4 Å². The maximum atomic E-state index is 13.5. The van der Waals surface area contributed by atoms with Gasteiger partial charge in [0, 0.05) is 28.2 Å². The molecule has 35 heavy (non-hydrogen) atoms. The molecule has 1 amide bonds. The molecule has 3 aromatic carbocycles. The van der Waals surface area contributed by atoms with Crippen LogP contribution < -0.4 is 10.6 Å². The highest BCUT2D eigenvalue weighted by molar-refractivity contribution is 6.30. The summed E-state index contributed by atoms with van der Waals surface area (Å²) in [4.78, 5) is 26.0. The highest BCUT2D eigenvalue weighted by Crippen LogP contribution is 2.53. The molecule has 3 aromatic rings. The molecule has 0 heterocycles. The van der Waals surface area contributed by atoms with Gasteiger partial charge in [-0.2, -0.15) is 0 Å². The van der Waals surface area contributed by atoms with Crippen LogP contribution in [-0.4, -0.2) is 22.5 Å². The average Bonchev–Trinajstić information content (AvgIpc) is 3.19. The lowest BCUT2D eigenvalue weighted by Gasteiger charge is -2.45. The molecule has 1 spiro atoms. The summed E-state index contributed by atoms with van der Waals surface area (Å²) in [6.07, 6.45) is 3.84. The molecule has 0 aromatic heterocycles. The summed E-state index contributed by atoms with van der Waals surface area (Å²) in [5.74, 6) is -0.992. The first-order chi connectivity index (χ1) is 16.9. The predicted octanol–water partition coefficient (Wildman–Crippen LogP) is 5.80. The Hall–Kier alpha value is -3.57. The van der Waals surface area contributed by atoms with Gasteiger partial charge in [0.15, 0.2) is 0 Å². The van der Waals surface area contributed by atoms with Crippen molar-refractivity contribution < 1.29 is 14.7 Å². The first-order valence-corrected chi connectivity index (χ1v) is 12.2. The van der Waals surface area contributed by atoms with Crippen molar-refractivity contribution in [2.75, 3.05) is 5.32 Å². The number of hydrogen-bond donors (Lipinski definition) is 3. The van der Waals surface area contributed by atoms with Crippen LogP contribution in [0.1, 0.15) is 42.4 Å². The monoisotopic (exact) mass is 486 g/mol. The summed E-state index contributed by atoms with van der Waals surface area (Å²) < 4.78 is 0. The molecule has 0 aliphatic heterocycles. The summed E-state index contributed by atoms with van der Waals surface area (Å²) in [5, 5.41) is 17.1. The van der Waals surface area contributed by atoms with E-state index in [1.807, 2.05) is 60.7 Å². The highest BCUT2D eigenvalue weighted by atomic mass is 35.5. The molecule has 0 bridgehead atoms. The SMILES string of the molecule is O=C(NCc1ccccc1)C1=Cc2ccccc2C12CCC(Nc1cccc(Cl)c1)(C(=O)O)CC2. The zero-order chi connectivity index (χ0) is 24.5. The Bertz CT molecular complexity index is 1290. The molecule has 0 saturated heterocycles. The number of hydrogen-bond acceptors (Lipinski definition) is 3. The van der Waals surface area contributed by atoms with Crippen molar-refractivity contribution in [1.82, 2.24) is 5.32 Å². The summed E-state index contributed by atoms with van der Waals surface area (Å²) in [5.41, 5.74) is 2.93. The van der Waals surface area contributed by atoms with Gasteiger partial charge >= 0.3 is 5.97 Å². The van der Waals surface area contributed by atoms with Crippen molar-refractivity contribution in [1.29, 1.82) is 0 Å². The number of carboxylic acids is 1. The number of aliphatic carboxylic acids is 1. The molecule has 5 rings (SSSR count). The zero-order valence-electron chi connectivity index (χ0n) is 19.3. The van der Waals surface area contributed by atoms with Gasteiger partial charge < -0.3 is 15.7 Å². The van der Waals surface area contributed by atoms with Crippen molar-refractivity contribution >= 4 is 35.2 Å². The summed E-state index contributed by atoms with van der Waals surface area (Å²) in [6, 6.07) is 25.0. The lowest BCUT2D eigenvalue weighted by atomic mass is 9.62. The van der Waals surface area contributed by atoms with Gasteiger partial charge in [-0.15, -0.1) is 0 Å². The molecular formula is C29H27ClN2O3. The van der Waals surface area contributed by atoms with Gasteiger partial charge in [0.25, 0.3) is 0 Å². The first-order valence-electron chi connectivity index (χ1n) is 11.8. The second-order valence-corrected chi connectivity index (χ2v) is 9.85. The van der Waals surface area contributed by atoms with Crippen LogP contribution in [-0.2, 0) is 21.5 Å². The molecule has 0 atom stereocenters. The van der Waals surface area contributed by atoms with Crippen LogP contribution in [0.4, 0.5) is 5.69 Å². The van der Waals surface area contributed by atoms with E-state index in [9.17, 15) is 14.7 Å². The molecule has 1 fully saturated rings. The van der Waals surface area contributed by atoms with Crippen molar-refractivity contribution in [3.8, 4) is 0 Å². The maximum Gasteiger partial charge on any atom is 0.329 e. The van der Waals surface area contributed by atoms with E-state index in [-0.39, 0.29) is 5.91 Å². The molecule has 178 valence electrons. The van der Waals surface area contributed by atoms with Gasteiger partial charge in [0.1, 0.15) is 5.54 Å². The van der Waals surface area contributed by atoms with Gasteiger partial charge in [-0.25, -0.2) is 4.79 Å². The second-order valence-electron chi connectivity index (χ2n) is 9.42. The molecule has 3 N–H and O–H groups in total. The molecule has 2 aliphatic rings. The number of carbonyl (C=O) groups is 2. The minimum atomic E-state index is -1.13. The Balaban J connectivity index is 1.41. The fourth-order valence-electron chi connectivity index (χ4n) is 5.53. The third-order valence-corrected chi connectivity index (χ3v) is 7.64. The van der Waals surface area contributed by atoms with E-state index in [0.29, 0.717) is 42.9 Å². The predicted molar refractivity (Wildman–Crippen MR) is 138 cm³/mol. The number of carbonyl (C=O) groups excluding carboxylic acids is 1. The van der Waals surface area contributed by atoms with Crippen LogP contribution in [0.2, 0.25) is 5.02 Å². The zero-order valence-corrected chi connectivity index (χ0v) is 20.0. The Morgan fingerprint density at radius 3 is 2.31 bits per heavy atom. The van der Waals surface area contributed by atoms with E-state index in [1.54, 1.807) is 18.2 Å². The number of fused-ring (bicyclic) bond motifs is 2. The van der Waals surface area contributed by atoms with Crippen molar-refractivity contribution in [2.24, 2.45) is 0 Å². The van der Waals surface area contributed by atoms with E-state index >= 15 is 0 Å². The summed E-state index contributed by atoms with van der Waals surface area (Å²) in [6.45, 7) is 0.443. The molecule has 0 radical (unpaired) electrons. The number of halogens is 1. The molecule has 1 saturated carbocycles. The Morgan fingerprint density at radius 1 is 0.886 bits per heavy atom. The molecular weight excluding hydrogens is 460 g/mol. The number of amides is 1. The largest absolute Gasteiger partial charge is 0.480 e. The Morgan fingerprint density at radius 2 is 1.60 bits per heavy atom. The van der Waals surface area contributed by atoms with E-state index < -0.39 is 16.9 Å².